The molecule has 1 aromatic rings. The van der Waals surface area contributed by atoms with Crippen LogP contribution in [-0.4, -0.2) is 36.6 Å². The summed E-state index contributed by atoms with van der Waals surface area (Å²) >= 11 is 3.49. The molecule has 0 unspecified atom stereocenters. The van der Waals surface area contributed by atoms with Gasteiger partial charge in [-0.15, -0.1) is 0 Å². The van der Waals surface area contributed by atoms with Crippen molar-refractivity contribution in [3.05, 3.63) is 46.1 Å². The minimum absolute atomic E-state index is 0.00736. The van der Waals surface area contributed by atoms with Crippen LogP contribution in [0.4, 0.5) is 0 Å². The van der Waals surface area contributed by atoms with Gasteiger partial charge >= 0.3 is 0 Å². The van der Waals surface area contributed by atoms with Gasteiger partial charge < -0.3 is 19.9 Å². The Morgan fingerprint density at radius 3 is 2.62 bits per heavy atom. The van der Waals surface area contributed by atoms with Gasteiger partial charge in [0.25, 0.3) is 5.91 Å². The van der Waals surface area contributed by atoms with Gasteiger partial charge in [-0.05, 0) is 56.4 Å². The molecule has 160 valence electrons. The maximum absolute atomic E-state index is 13.0. The molecule has 1 aliphatic carbocycles. The van der Waals surface area contributed by atoms with Gasteiger partial charge in [-0.2, -0.15) is 0 Å². The molecule has 0 spiro atoms. The molecule has 1 aromatic carbocycles. The SMILES string of the molecule is CCO[C@@H]1OC(C(=O)NC2CCCCC2)=C[C@H](c2ccc(Br)cc2)[C@@H]1CCCO. The number of aliphatic hydroxyl groups is 1. The van der Waals surface area contributed by atoms with Gasteiger partial charge in [0, 0.05) is 35.6 Å². The van der Waals surface area contributed by atoms with Crippen molar-refractivity contribution >= 4 is 21.8 Å². The number of rotatable bonds is 8. The van der Waals surface area contributed by atoms with Crippen molar-refractivity contribution in [2.45, 2.75) is 70.1 Å². The predicted octanol–water partition coefficient (Wildman–Crippen LogP) is 4.65. The number of hydrogen-bond acceptors (Lipinski definition) is 4. The number of aliphatic hydroxyl groups excluding tert-OH is 1. The van der Waals surface area contributed by atoms with Crippen molar-refractivity contribution in [1.82, 2.24) is 5.32 Å². The molecule has 29 heavy (non-hydrogen) atoms. The molecule has 6 heteroatoms. The molecule has 0 radical (unpaired) electrons. The summed E-state index contributed by atoms with van der Waals surface area (Å²) in [5, 5.41) is 12.5. The molecule has 5 nitrogen and oxygen atoms in total. The highest BCUT2D eigenvalue weighted by Gasteiger charge is 2.38. The van der Waals surface area contributed by atoms with Crippen LogP contribution in [0.3, 0.4) is 0 Å². The third-order valence-corrected chi connectivity index (χ3v) is 6.36. The number of amides is 1. The largest absolute Gasteiger partial charge is 0.459 e. The molecule has 1 fully saturated rings. The number of carbonyl (C=O) groups excluding carboxylic acids is 1. The Balaban J connectivity index is 1.86. The van der Waals surface area contributed by atoms with E-state index in [0.717, 1.165) is 42.1 Å². The molecule has 1 saturated carbocycles. The fourth-order valence-electron chi connectivity index (χ4n) is 4.33. The summed E-state index contributed by atoms with van der Waals surface area (Å²) in [7, 11) is 0. The van der Waals surface area contributed by atoms with Gasteiger partial charge in [0.15, 0.2) is 5.76 Å². The lowest BCUT2D eigenvalue weighted by molar-refractivity contribution is -0.166. The molecule has 3 rings (SSSR count). The average Bonchev–Trinajstić information content (AvgIpc) is 2.74. The minimum Gasteiger partial charge on any atom is -0.459 e. The molecule has 2 N–H and O–H groups in total. The normalized spacial score (nSPS) is 25.2. The third-order valence-electron chi connectivity index (χ3n) is 5.83. The Morgan fingerprint density at radius 1 is 1.24 bits per heavy atom. The van der Waals surface area contributed by atoms with E-state index in [0.29, 0.717) is 18.8 Å². The zero-order valence-corrected chi connectivity index (χ0v) is 18.7. The van der Waals surface area contributed by atoms with Crippen molar-refractivity contribution in [3.8, 4) is 0 Å². The van der Waals surface area contributed by atoms with E-state index in [2.05, 4.69) is 33.4 Å². The van der Waals surface area contributed by atoms with Crippen LogP contribution in [-0.2, 0) is 14.3 Å². The molecule has 0 aromatic heterocycles. The second-order valence-corrected chi connectivity index (χ2v) is 8.80. The Kier molecular flexibility index (Phi) is 8.57. The average molecular weight is 466 g/mol. The summed E-state index contributed by atoms with van der Waals surface area (Å²) in [5.74, 6) is 0.230. The Bertz CT molecular complexity index is 685. The maximum Gasteiger partial charge on any atom is 0.286 e. The fourth-order valence-corrected chi connectivity index (χ4v) is 4.60. The first-order chi connectivity index (χ1) is 14.1. The summed E-state index contributed by atoms with van der Waals surface area (Å²) < 4.78 is 13.0. The molecule has 1 heterocycles. The standard InChI is InChI=1S/C23H32BrNO4/c1-2-28-23-19(9-6-14-26)20(16-10-12-17(24)13-11-16)15-21(29-23)22(27)25-18-7-4-3-5-8-18/h10-13,15,18-20,23,26H,2-9,14H2,1H3,(H,25,27)/t19-,20+,23+/m0/s1. The first-order valence-electron chi connectivity index (χ1n) is 10.8. The van der Waals surface area contributed by atoms with Crippen LogP contribution in [0.25, 0.3) is 0 Å². The van der Waals surface area contributed by atoms with Crippen LogP contribution < -0.4 is 5.32 Å². The Labute approximate surface area is 182 Å². The summed E-state index contributed by atoms with van der Waals surface area (Å²) in [4.78, 5) is 13.0. The highest BCUT2D eigenvalue weighted by Crippen LogP contribution is 2.39. The van der Waals surface area contributed by atoms with Crippen LogP contribution in [0, 0.1) is 5.92 Å². The quantitative estimate of drug-likeness (QED) is 0.586. The monoisotopic (exact) mass is 465 g/mol. The Hall–Kier alpha value is -1.37. The number of nitrogens with one attached hydrogen (secondary N) is 1. The van der Waals surface area contributed by atoms with E-state index in [-0.39, 0.29) is 30.4 Å². The number of carbonyl (C=O) groups is 1. The van der Waals surface area contributed by atoms with E-state index in [1.165, 1.54) is 6.42 Å². The van der Waals surface area contributed by atoms with Crippen molar-refractivity contribution < 1.29 is 19.4 Å². The van der Waals surface area contributed by atoms with Crippen molar-refractivity contribution in [2.75, 3.05) is 13.2 Å². The van der Waals surface area contributed by atoms with Crippen LogP contribution in [0.2, 0.25) is 0 Å². The minimum atomic E-state index is -0.502. The van der Waals surface area contributed by atoms with E-state index in [1.807, 2.05) is 25.1 Å². The summed E-state index contributed by atoms with van der Waals surface area (Å²) in [5.41, 5.74) is 1.12. The molecule has 2 aliphatic rings. The van der Waals surface area contributed by atoms with Crippen molar-refractivity contribution in [1.29, 1.82) is 0 Å². The molecule has 0 saturated heterocycles. The predicted molar refractivity (Wildman–Crippen MR) is 116 cm³/mol. The molecular weight excluding hydrogens is 434 g/mol. The smallest absolute Gasteiger partial charge is 0.286 e. The van der Waals surface area contributed by atoms with E-state index < -0.39 is 6.29 Å². The van der Waals surface area contributed by atoms with E-state index in [1.54, 1.807) is 0 Å². The number of benzene rings is 1. The second kappa shape index (κ2) is 11.1. The summed E-state index contributed by atoms with van der Waals surface area (Å²) in [6, 6.07) is 8.40. The highest BCUT2D eigenvalue weighted by atomic mass is 79.9. The number of ether oxygens (including phenoxy) is 2. The van der Waals surface area contributed by atoms with Crippen LogP contribution in [0.5, 0.6) is 0 Å². The van der Waals surface area contributed by atoms with Crippen molar-refractivity contribution in [2.24, 2.45) is 5.92 Å². The van der Waals surface area contributed by atoms with Gasteiger partial charge in [0.05, 0.1) is 0 Å². The van der Waals surface area contributed by atoms with Gasteiger partial charge in [0.1, 0.15) is 0 Å². The van der Waals surface area contributed by atoms with Gasteiger partial charge in [-0.25, -0.2) is 0 Å². The third kappa shape index (κ3) is 6.06. The first kappa shape index (κ1) is 22.3. The molecular formula is C23H32BrNO4. The van der Waals surface area contributed by atoms with Crippen LogP contribution in [0.1, 0.15) is 63.4 Å². The lowest BCUT2D eigenvalue weighted by Crippen LogP contribution is -2.42. The number of halogens is 1. The molecule has 3 atom stereocenters. The second-order valence-electron chi connectivity index (χ2n) is 7.89. The zero-order valence-electron chi connectivity index (χ0n) is 17.1. The highest BCUT2D eigenvalue weighted by molar-refractivity contribution is 9.10. The molecule has 1 aliphatic heterocycles. The zero-order chi connectivity index (χ0) is 20.6. The first-order valence-corrected chi connectivity index (χ1v) is 11.6. The van der Waals surface area contributed by atoms with Gasteiger partial charge in [-0.3, -0.25) is 4.79 Å². The summed E-state index contributed by atoms with van der Waals surface area (Å²) in [6.07, 6.45) is 8.51. The van der Waals surface area contributed by atoms with E-state index in [9.17, 15) is 9.90 Å². The Morgan fingerprint density at radius 2 is 1.97 bits per heavy atom. The van der Waals surface area contributed by atoms with Gasteiger partial charge in [-0.1, -0.05) is 47.3 Å². The van der Waals surface area contributed by atoms with Gasteiger partial charge in [0.2, 0.25) is 6.29 Å². The lowest BCUT2D eigenvalue weighted by Gasteiger charge is -2.37. The van der Waals surface area contributed by atoms with Crippen LogP contribution in [0.15, 0.2) is 40.6 Å². The number of allylic oxidation sites excluding steroid dienone is 1. The maximum atomic E-state index is 13.0. The topological polar surface area (TPSA) is 67.8 Å². The van der Waals surface area contributed by atoms with Crippen molar-refractivity contribution in [3.63, 3.8) is 0 Å². The summed E-state index contributed by atoms with van der Waals surface area (Å²) in [6.45, 7) is 2.56. The van der Waals surface area contributed by atoms with E-state index >= 15 is 0 Å². The molecule has 0 bridgehead atoms. The van der Waals surface area contributed by atoms with Crippen LogP contribution >= 0.6 is 15.9 Å². The number of hydrogen-bond donors (Lipinski definition) is 2. The molecule has 1 amide bonds. The van der Waals surface area contributed by atoms with E-state index in [4.69, 9.17) is 9.47 Å². The lowest BCUT2D eigenvalue weighted by atomic mass is 9.80. The fraction of sp³-hybridized carbons (Fsp3) is 0.609.